The summed E-state index contributed by atoms with van der Waals surface area (Å²) in [5.74, 6) is 1.51. The maximum absolute atomic E-state index is 13.7. The molecule has 162 valence electrons. The van der Waals surface area contributed by atoms with Gasteiger partial charge >= 0.3 is 6.01 Å². The van der Waals surface area contributed by atoms with Crippen molar-refractivity contribution in [2.24, 2.45) is 18.9 Å². The van der Waals surface area contributed by atoms with Gasteiger partial charge in [-0.1, -0.05) is 11.6 Å². The Morgan fingerprint density at radius 2 is 1.94 bits per heavy atom. The zero-order chi connectivity index (χ0) is 21.5. The smallest absolute Gasteiger partial charge is 0.321 e. The van der Waals surface area contributed by atoms with Crippen LogP contribution in [0.3, 0.4) is 0 Å². The molecule has 1 N–H and O–H groups in total. The highest BCUT2D eigenvalue weighted by molar-refractivity contribution is 6.29. The second-order valence-corrected chi connectivity index (χ2v) is 8.70. The van der Waals surface area contributed by atoms with E-state index in [1.165, 1.54) is 12.1 Å². The summed E-state index contributed by atoms with van der Waals surface area (Å²) in [5, 5.41) is 16.2. The van der Waals surface area contributed by atoms with Crippen LogP contribution >= 0.6 is 11.6 Å². The number of ether oxygens (including phenoxy) is 1. The minimum Gasteiger partial charge on any atom is -0.424 e. The van der Waals surface area contributed by atoms with E-state index in [0.29, 0.717) is 34.7 Å². The van der Waals surface area contributed by atoms with Gasteiger partial charge in [-0.05, 0) is 49.3 Å². The zero-order valence-electron chi connectivity index (χ0n) is 17.3. The number of nitrogens with one attached hydrogen (secondary N) is 1. The van der Waals surface area contributed by atoms with E-state index in [4.69, 9.17) is 16.3 Å². The zero-order valence-corrected chi connectivity index (χ0v) is 18.1. The van der Waals surface area contributed by atoms with Gasteiger partial charge < -0.3 is 15.0 Å². The topological polar surface area (TPSA) is 81.0 Å². The Labute approximate surface area is 184 Å². The lowest BCUT2D eigenvalue weighted by Crippen LogP contribution is -2.48. The van der Waals surface area contributed by atoms with E-state index >= 15 is 0 Å². The van der Waals surface area contributed by atoms with Crippen molar-refractivity contribution in [2.75, 3.05) is 23.3 Å². The van der Waals surface area contributed by atoms with Crippen LogP contribution < -0.4 is 15.0 Å². The van der Waals surface area contributed by atoms with Crippen molar-refractivity contribution in [2.45, 2.75) is 25.8 Å². The number of anilines is 2. The Hall–Kier alpha value is -2.94. The quantitative estimate of drug-likeness (QED) is 0.641. The summed E-state index contributed by atoms with van der Waals surface area (Å²) in [6.07, 6.45) is 4.05. The summed E-state index contributed by atoms with van der Waals surface area (Å²) in [5.41, 5.74) is 1.79. The highest BCUT2D eigenvalue weighted by Gasteiger charge is 2.42. The normalized spacial score (nSPS) is 22.6. The van der Waals surface area contributed by atoms with E-state index < -0.39 is 0 Å². The number of benzene rings is 1. The molecule has 1 saturated heterocycles. The number of piperidine rings is 1. The summed E-state index contributed by atoms with van der Waals surface area (Å²) >= 11 is 6.02. The minimum absolute atomic E-state index is 0.285. The Bertz CT molecular complexity index is 1070. The first-order chi connectivity index (χ1) is 14.9. The molecule has 2 aromatic heterocycles. The Balaban J connectivity index is 1.28. The predicted octanol–water partition coefficient (Wildman–Crippen LogP) is 3.83. The van der Waals surface area contributed by atoms with Crippen molar-refractivity contribution in [1.29, 1.82) is 0 Å². The number of aromatic nitrogens is 5. The number of hydrogen-bond donors (Lipinski definition) is 1. The molecule has 31 heavy (non-hydrogen) atoms. The standard InChI is InChI=1S/C21H23ClFN7O/c1-12-5-15(23)7-17(6-12)31-21-26-20(28-29(21)2)25-19-13-3-4-14(19)11-30(10-13)16-8-18(22)27-24-9-16/h5-9,13-14,19H,3-4,10-11H2,1-2H3,(H,25,28)/t13-,14+,19-. The first-order valence-electron chi connectivity index (χ1n) is 10.3. The third-order valence-corrected chi connectivity index (χ3v) is 6.24. The Morgan fingerprint density at radius 3 is 2.65 bits per heavy atom. The molecule has 1 saturated carbocycles. The van der Waals surface area contributed by atoms with Gasteiger partial charge in [-0.15, -0.1) is 10.2 Å². The summed E-state index contributed by atoms with van der Waals surface area (Å²) in [4.78, 5) is 6.82. The Kier molecular flexibility index (Phi) is 5.13. The Morgan fingerprint density at radius 1 is 1.16 bits per heavy atom. The van der Waals surface area contributed by atoms with Gasteiger partial charge in [0.25, 0.3) is 0 Å². The van der Waals surface area contributed by atoms with E-state index in [-0.39, 0.29) is 11.9 Å². The van der Waals surface area contributed by atoms with Gasteiger partial charge in [0.05, 0.1) is 11.9 Å². The number of hydrogen-bond acceptors (Lipinski definition) is 7. The average molecular weight is 444 g/mol. The van der Waals surface area contributed by atoms with E-state index in [0.717, 1.165) is 37.2 Å². The molecule has 10 heteroatoms. The van der Waals surface area contributed by atoms with E-state index in [9.17, 15) is 4.39 Å². The van der Waals surface area contributed by atoms with Crippen LogP contribution in [-0.2, 0) is 7.05 Å². The molecular formula is C21H23ClFN7O. The lowest BCUT2D eigenvalue weighted by Gasteiger charge is -2.39. The van der Waals surface area contributed by atoms with Crippen LogP contribution in [0.15, 0.2) is 30.5 Å². The molecule has 5 rings (SSSR count). The molecule has 1 aliphatic heterocycles. The van der Waals surface area contributed by atoms with Gasteiger partial charge in [0.1, 0.15) is 11.6 Å². The third-order valence-electron chi connectivity index (χ3n) is 6.05. The number of aryl methyl sites for hydroxylation is 2. The molecule has 1 aromatic carbocycles. The maximum Gasteiger partial charge on any atom is 0.321 e. The van der Waals surface area contributed by atoms with Crippen molar-refractivity contribution in [3.05, 3.63) is 47.0 Å². The van der Waals surface area contributed by atoms with Crippen molar-refractivity contribution in [3.63, 3.8) is 0 Å². The van der Waals surface area contributed by atoms with Crippen molar-refractivity contribution in [1.82, 2.24) is 25.0 Å². The molecule has 2 fully saturated rings. The van der Waals surface area contributed by atoms with Gasteiger partial charge in [-0.25, -0.2) is 9.07 Å². The summed E-state index contributed by atoms with van der Waals surface area (Å²) in [6, 6.07) is 7.02. The second kappa shape index (κ2) is 7.96. The van der Waals surface area contributed by atoms with Crippen LogP contribution in [0, 0.1) is 24.6 Å². The van der Waals surface area contributed by atoms with Crippen molar-refractivity contribution in [3.8, 4) is 11.8 Å². The molecule has 0 unspecified atom stereocenters. The predicted molar refractivity (Wildman–Crippen MR) is 115 cm³/mol. The fraction of sp³-hybridized carbons (Fsp3) is 0.429. The summed E-state index contributed by atoms with van der Waals surface area (Å²) < 4.78 is 21.0. The highest BCUT2D eigenvalue weighted by atomic mass is 35.5. The van der Waals surface area contributed by atoms with Gasteiger partial charge in [0, 0.05) is 38.3 Å². The maximum atomic E-state index is 13.7. The van der Waals surface area contributed by atoms with Crippen molar-refractivity contribution >= 4 is 23.2 Å². The molecule has 0 spiro atoms. The van der Waals surface area contributed by atoms with Crippen LogP contribution in [0.5, 0.6) is 11.8 Å². The van der Waals surface area contributed by atoms with Gasteiger partial charge in [-0.3, -0.25) is 0 Å². The van der Waals surface area contributed by atoms with Crippen LogP contribution in [0.4, 0.5) is 16.0 Å². The van der Waals surface area contributed by atoms with Gasteiger partial charge in [0.2, 0.25) is 5.95 Å². The van der Waals surface area contributed by atoms with Gasteiger partial charge in [0.15, 0.2) is 5.15 Å². The lowest BCUT2D eigenvalue weighted by molar-refractivity contribution is 0.376. The third kappa shape index (κ3) is 4.14. The number of nitrogens with zero attached hydrogens (tertiary/aromatic N) is 6. The lowest BCUT2D eigenvalue weighted by atomic mass is 9.92. The molecule has 3 aromatic rings. The minimum atomic E-state index is -0.343. The molecular weight excluding hydrogens is 421 g/mol. The molecule has 2 bridgehead atoms. The molecule has 0 radical (unpaired) electrons. The van der Waals surface area contributed by atoms with Crippen LogP contribution in [0.25, 0.3) is 0 Å². The number of rotatable bonds is 5. The second-order valence-electron chi connectivity index (χ2n) is 8.32. The van der Waals surface area contributed by atoms with E-state index in [1.807, 2.05) is 13.0 Å². The van der Waals surface area contributed by atoms with Crippen LogP contribution in [-0.4, -0.2) is 44.1 Å². The highest BCUT2D eigenvalue weighted by Crippen LogP contribution is 2.40. The van der Waals surface area contributed by atoms with Crippen LogP contribution in [0.1, 0.15) is 18.4 Å². The van der Waals surface area contributed by atoms with E-state index in [1.54, 1.807) is 24.0 Å². The first kappa shape index (κ1) is 20.0. The molecule has 8 nitrogen and oxygen atoms in total. The molecule has 2 aliphatic rings. The first-order valence-corrected chi connectivity index (χ1v) is 10.7. The number of halogens is 2. The SMILES string of the molecule is Cc1cc(F)cc(Oc2nc(N[C@@H]3[C@@H]4CC[C@H]3CN(c3cnnc(Cl)c3)C4)nn2C)c1. The van der Waals surface area contributed by atoms with Crippen molar-refractivity contribution < 1.29 is 9.13 Å². The fourth-order valence-electron chi connectivity index (χ4n) is 4.71. The van der Waals surface area contributed by atoms with E-state index in [2.05, 4.69) is 30.5 Å². The monoisotopic (exact) mass is 443 g/mol. The van der Waals surface area contributed by atoms with Crippen LogP contribution in [0.2, 0.25) is 5.15 Å². The fourth-order valence-corrected chi connectivity index (χ4v) is 4.87. The molecule has 1 aliphatic carbocycles. The molecule has 3 atom stereocenters. The average Bonchev–Trinajstić information content (AvgIpc) is 3.15. The largest absolute Gasteiger partial charge is 0.424 e. The van der Waals surface area contributed by atoms with Gasteiger partial charge in [-0.2, -0.15) is 10.1 Å². The number of fused-ring (bicyclic) bond motifs is 2. The summed E-state index contributed by atoms with van der Waals surface area (Å²) in [6.45, 7) is 3.64. The molecule has 3 heterocycles. The molecule has 0 amide bonds. The summed E-state index contributed by atoms with van der Waals surface area (Å²) in [7, 11) is 1.76.